The molecule has 1 heterocycles. The zero-order chi connectivity index (χ0) is 14.6. The molecule has 1 aromatic rings. The van der Waals surface area contributed by atoms with Crippen LogP contribution in [0.5, 0.6) is 0 Å². The quantitative estimate of drug-likeness (QED) is 0.848. The number of hydrogen-bond donors (Lipinski definition) is 1. The van der Waals surface area contributed by atoms with Crippen molar-refractivity contribution in [2.75, 3.05) is 0 Å². The Bertz CT molecular complexity index is 458. The highest BCUT2D eigenvalue weighted by Gasteiger charge is 2.23. The van der Waals surface area contributed by atoms with Crippen molar-refractivity contribution in [3.63, 3.8) is 0 Å². The van der Waals surface area contributed by atoms with Crippen LogP contribution < -0.4 is 5.32 Å². The second kappa shape index (κ2) is 5.91. The monoisotopic (exact) mass is 266 g/mol. The first-order valence-corrected chi connectivity index (χ1v) is 6.43. The van der Waals surface area contributed by atoms with Gasteiger partial charge in [-0.2, -0.15) is 0 Å². The van der Waals surface area contributed by atoms with Crippen LogP contribution in [0.2, 0.25) is 0 Å². The van der Waals surface area contributed by atoms with Crippen molar-refractivity contribution >= 4 is 11.9 Å². The maximum Gasteiger partial charge on any atom is 0.328 e. The van der Waals surface area contributed by atoms with Crippen molar-refractivity contribution in [2.45, 2.75) is 52.8 Å². The van der Waals surface area contributed by atoms with Crippen molar-refractivity contribution in [1.29, 1.82) is 0 Å². The molecule has 0 radical (unpaired) electrons. The summed E-state index contributed by atoms with van der Waals surface area (Å²) >= 11 is 0. The third-order valence-electron chi connectivity index (χ3n) is 2.51. The van der Waals surface area contributed by atoms with Gasteiger partial charge in [0.2, 0.25) is 0 Å². The predicted molar refractivity (Wildman–Crippen MR) is 72.9 cm³/mol. The number of carbonyl (C=O) groups is 2. The fourth-order valence-electron chi connectivity index (χ4n) is 1.62. The molecule has 1 amide bonds. The summed E-state index contributed by atoms with van der Waals surface area (Å²) in [5, 5.41) is 2.65. The van der Waals surface area contributed by atoms with Gasteiger partial charge in [0, 0.05) is 12.7 Å². The van der Waals surface area contributed by atoms with Gasteiger partial charge < -0.3 is 14.6 Å². The van der Waals surface area contributed by atoms with E-state index in [1.54, 1.807) is 39.8 Å². The van der Waals surface area contributed by atoms with Gasteiger partial charge in [0.05, 0.1) is 0 Å². The second-order valence-corrected chi connectivity index (χ2v) is 5.41. The van der Waals surface area contributed by atoms with E-state index in [0.29, 0.717) is 12.2 Å². The summed E-state index contributed by atoms with van der Waals surface area (Å²) < 4.78 is 7.03. The summed E-state index contributed by atoms with van der Waals surface area (Å²) in [6, 6.07) is 2.85. The lowest BCUT2D eigenvalue weighted by Gasteiger charge is -2.22. The number of rotatable bonds is 4. The first-order chi connectivity index (χ1) is 8.74. The van der Waals surface area contributed by atoms with Crippen molar-refractivity contribution in [2.24, 2.45) is 0 Å². The first-order valence-electron chi connectivity index (χ1n) is 6.43. The van der Waals surface area contributed by atoms with Gasteiger partial charge in [-0.25, -0.2) is 4.79 Å². The summed E-state index contributed by atoms with van der Waals surface area (Å²) in [6.45, 7) is 9.65. The Labute approximate surface area is 113 Å². The van der Waals surface area contributed by atoms with E-state index in [1.165, 1.54) is 0 Å². The van der Waals surface area contributed by atoms with E-state index in [9.17, 15) is 9.59 Å². The third-order valence-corrected chi connectivity index (χ3v) is 2.51. The van der Waals surface area contributed by atoms with Gasteiger partial charge in [0.15, 0.2) is 0 Å². The molecule has 0 saturated heterocycles. The summed E-state index contributed by atoms with van der Waals surface area (Å²) in [5.74, 6) is -0.708. The maximum absolute atomic E-state index is 12.0. The highest BCUT2D eigenvalue weighted by Crippen LogP contribution is 2.09. The molecule has 0 saturated carbocycles. The minimum atomic E-state index is -0.674. The molecule has 0 aliphatic rings. The Kier molecular flexibility index (Phi) is 4.75. The molecule has 0 spiro atoms. The fourth-order valence-corrected chi connectivity index (χ4v) is 1.62. The van der Waals surface area contributed by atoms with Crippen molar-refractivity contribution in [1.82, 2.24) is 9.88 Å². The molecule has 0 bridgehead atoms. The number of amides is 1. The number of nitrogens with zero attached hydrogens (tertiary/aromatic N) is 1. The third kappa shape index (κ3) is 4.43. The van der Waals surface area contributed by atoms with Gasteiger partial charge in [-0.05, 0) is 46.8 Å². The van der Waals surface area contributed by atoms with Crippen LogP contribution in [0.3, 0.4) is 0 Å². The Balaban J connectivity index is 2.64. The van der Waals surface area contributed by atoms with Crippen LogP contribution in [0.15, 0.2) is 18.3 Å². The predicted octanol–water partition coefficient (Wildman–Crippen LogP) is 1.97. The molecule has 1 rings (SSSR count). The number of esters is 1. The van der Waals surface area contributed by atoms with E-state index in [-0.39, 0.29) is 5.91 Å². The molecule has 0 unspecified atom stereocenters. The van der Waals surface area contributed by atoms with Gasteiger partial charge in [-0.15, -0.1) is 0 Å². The smallest absolute Gasteiger partial charge is 0.328 e. The highest BCUT2D eigenvalue weighted by molar-refractivity contribution is 5.95. The Morgan fingerprint density at radius 3 is 2.58 bits per heavy atom. The van der Waals surface area contributed by atoms with Crippen molar-refractivity contribution in [3.8, 4) is 0 Å². The normalized spacial score (nSPS) is 12.9. The van der Waals surface area contributed by atoms with Crippen LogP contribution >= 0.6 is 0 Å². The molecule has 0 aliphatic heterocycles. The lowest BCUT2D eigenvalue weighted by Crippen LogP contribution is -2.42. The summed E-state index contributed by atoms with van der Waals surface area (Å²) in [7, 11) is 0. The summed E-state index contributed by atoms with van der Waals surface area (Å²) in [4.78, 5) is 23.8. The molecular weight excluding hydrogens is 244 g/mol. The first kappa shape index (κ1) is 15.3. The molecule has 5 heteroatoms. The Hall–Kier alpha value is -1.78. The van der Waals surface area contributed by atoms with Gasteiger partial charge in [-0.3, -0.25) is 4.79 Å². The maximum atomic E-state index is 12.0. The average molecular weight is 266 g/mol. The van der Waals surface area contributed by atoms with Gasteiger partial charge in [0.1, 0.15) is 17.3 Å². The van der Waals surface area contributed by atoms with E-state index in [0.717, 1.165) is 0 Å². The molecular formula is C14H22N2O3. The number of nitrogens with one attached hydrogen (secondary N) is 1. The highest BCUT2D eigenvalue weighted by atomic mass is 16.6. The Morgan fingerprint density at radius 2 is 2.05 bits per heavy atom. The van der Waals surface area contributed by atoms with E-state index in [4.69, 9.17) is 4.74 Å². The standard InChI is InChI=1S/C14H22N2O3/c1-6-16-9-7-8-11(16)12(17)15-10(2)13(18)19-14(3,4)5/h7-10H,6H2,1-5H3,(H,15,17)/t10-/m0/s1. The number of aromatic nitrogens is 1. The second-order valence-electron chi connectivity index (χ2n) is 5.41. The zero-order valence-electron chi connectivity index (χ0n) is 12.2. The largest absolute Gasteiger partial charge is 0.458 e. The molecule has 1 atom stereocenters. The molecule has 0 aromatic carbocycles. The van der Waals surface area contributed by atoms with Crippen molar-refractivity contribution < 1.29 is 14.3 Å². The van der Waals surface area contributed by atoms with Crippen LogP contribution in [0.1, 0.15) is 45.1 Å². The average Bonchev–Trinajstić information content (AvgIpc) is 2.74. The fraction of sp³-hybridized carbons (Fsp3) is 0.571. The number of hydrogen-bond acceptors (Lipinski definition) is 3. The molecule has 1 aromatic heterocycles. The molecule has 106 valence electrons. The SMILES string of the molecule is CCn1cccc1C(=O)N[C@@H](C)C(=O)OC(C)(C)C. The summed E-state index contributed by atoms with van der Waals surface area (Å²) in [6.07, 6.45) is 1.83. The topological polar surface area (TPSA) is 60.3 Å². The van der Waals surface area contributed by atoms with Gasteiger partial charge >= 0.3 is 5.97 Å². The summed E-state index contributed by atoms with van der Waals surface area (Å²) in [5.41, 5.74) is -0.0161. The number of ether oxygens (including phenoxy) is 1. The van der Waals surface area contributed by atoms with Crippen LogP contribution in [0, 0.1) is 0 Å². The number of carbonyl (C=O) groups excluding carboxylic acids is 2. The van der Waals surface area contributed by atoms with E-state index < -0.39 is 17.6 Å². The van der Waals surface area contributed by atoms with E-state index >= 15 is 0 Å². The van der Waals surface area contributed by atoms with Crippen LogP contribution in [0.25, 0.3) is 0 Å². The lowest BCUT2D eigenvalue weighted by molar-refractivity contribution is -0.156. The molecule has 0 aliphatic carbocycles. The van der Waals surface area contributed by atoms with Crippen LogP contribution in [-0.4, -0.2) is 28.1 Å². The zero-order valence-corrected chi connectivity index (χ0v) is 12.2. The molecule has 5 nitrogen and oxygen atoms in total. The van der Waals surface area contributed by atoms with Gasteiger partial charge in [0.25, 0.3) is 5.91 Å². The molecule has 19 heavy (non-hydrogen) atoms. The minimum absolute atomic E-state index is 0.273. The van der Waals surface area contributed by atoms with E-state index in [2.05, 4.69) is 5.32 Å². The van der Waals surface area contributed by atoms with Gasteiger partial charge in [-0.1, -0.05) is 0 Å². The lowest BCUT2D eigenvalue weighted by atomic mass is 10.2. The molecule has 1 N–H and O–H groups in total. The minimum Gasteiger partial charge on any atom is -0.458 e. The molecule has 0 fully saturated rings. The number of aryl methyl sites for hydroxylation is 1. The Morgan fingerprint density at radius 1 is 1.42 bits per heavy atom. The van der Waals surface area contributed by atoms with Crippen LogP contribution in [0.4, 0.5) is 0 Å². The van der Waals surface area contributed by atoms with Crippen molar-refractivity contribution in [3.05, 3.63) is 24.0 Å². The van der Waals surface area contributed by atoms with E-state index in [1.807, 2.05) is 17.7 Å². The van der Waals surface area contributed by atoms with Crippen LogP contribution in [-0.2, 0) is 16.1 Å².